The highest BCUT2D eigenvalue weighted by Crippen LogP contribution is 2.32. The van der Waals surface area contributed by atoms with Crippen LogP contribution in [-0.4, -0.2) is 17.0 Å². The minimum Gasteiger partial charge on any atom is -0.335 e. The standard InChI is InChI=1S/C16H24N2S/c1-5-13(6-2)15-10-17-16(19-15)18-14-9-11(3)7-8-12(14)4/h7-9,13,15H,5-6,10H2,1-4H3,(H,17,18). The number of rotatable bonds is 4. The molecule has 0 aromatic heterocycles. The van der Waals surface area contributed by atoms with Gasteiger partial charge in [0, 0.05) is 10.9 Å². The third kappa shape index (κ3) is 3.53. The Morgan fingerprint density at radius 3 is 2.74 bits per heavy atom. The van der Waals surface area contributed by atoms with Gasteiger partial charge < -0.3 is 5.32 Å². The number of anilines is 1. The SMILES string of the molecule is CCC(CC)C1CN=C(Nc2cc(C)ccc2C)S1. The van der Waals surface area contributed by atoms with Gasteiger partial charge in [-0.2, -0.15) is 0 Å². The minimum absolute atomic E-state index is 0.655. The fourth-order valence-corrected chi connectivity index (χ4v) is 3.84. The number of thioether (sulfide) groups is 1. The van der Waals surface area contributed by atoms with Gasteiger partial charge in [0.15, 0.2) is 5.17 Å². The monoisotopic (exact) mass is 276 g/mol. The molecule has 1 aromatic carbocycles. The van der Waals surface area contributed by atoms with E-state index in [1.54, 1.807) is 0 Å². The van der Waals surface area contributed by atoms with Crippen molar-refractivity contribution in [3.8, 4) is 0 Å². The molecule has 0 aliphatic carbocycles. The molecule has 0 saturated heterocycles. The van der Waals surface area contributed by atoms with Crippen LogP contribution in [0.4, 0.5) is 5.69 Å². The Balaban J connectivity index is 2.00. The molecule has 104 valence electrons. The number of hydrogen-bond acceptors (Lipinski definition) is 3. The molecule has 1 heterocycles. The maximum absolute atomic E-state index is 4.67. The molecule has 1 aliphatic heterocycles. The van der Waals surface area contributed by atoms with E-state index in [0.717, 1.165) is 17.6 Å². The normalized spacial score (nSPS) is 18.8. The number of benzene rings is 1. The fourth-order valence-electron chi connectivity index (χ4n) is 2.51. The lowest BCUT2D eigenvalue weighted by molar-refractivity contribution is 0.479. The van der Waals surface area contributed by atoms with Crippen LogP contribution in [0.25, 0.3) is 0 Å². The molecule has 0 amide bonds. The average molecular weight is 276 g/mol. The van der Waals surface area contributed by atoms with E-state index in [0.29, 0.717) is 5.25 Å². The van der Waals surface area contributed by atoms with Crippen molar-refractivity contribution in [2.75, 3.05) is 11.9 Å². The summed E-state index contributed by atoms with van der Waals surface area (Å²) < 4.78 is 0. The molecular formula is C16H24N2S. The molecular weight excluding hydrogens is 252 g/mol. The predicted molar refractivity (Wildman–Crippen MR) is 87.3 cm³/mol. The first-order valence-corrected chi connectivity index (χ1v) is 8.07. The summed E-state index contributed by atoms with van der Waals surface area (Å²) in [6.45, 7) is 9.79. The van der Waals surface area contributed by atoms with E-state index in [1.807, 2.05) is 11.8 Å². The van der Waals surface area contributed by atoms with Crippen molar-refractivity contribution in [1.29, 1.82) is 0 Å². The maximum Gasteiger partial charge on any atom is 0.161 e. The maximum atomic E-state index is 4.67. The summed E-state index contributed by atoms with van der Waals surface area (Å²) in [5.74, 6) is 0.784. The number of hydrogen-bond donors (Lipinski definition) is 1. The van der Waals surface area contributed by atoms with Crippen LogP contribution in [-0.2, 0) is 0 Å². The van der Waals surface area contributed by atoms with Gasteiger partial charge in [-0.1, -0.05) is 50.6 Å². The second-order valence-electron chi connectivity index (χ2n) is 5.32. The van der Waals surface area contributed by atoms with E-state index in [4.69, 9.17) is 0 Å². The van der Waals surface area contributed by atoms with Crippen LogP contribution < -0.4 is 5.32 Å². The minimum atomic E-state index is 0.655. The molecule has 1 aromatic rings. The molecule has 0 radical (unpaired) electrons. The average Bonchev–Trinajstić information content (AvgIpc) is 2.84. The fraction of sp³-hybridized carbons (Fsp3) is 0.562. The van der Waals surface area contributed by atoms with Gasteiger partial charge in [-0.25, -0.2) is 0 Å². The molecule has 2 nitrogen and oxygen atoms in total. The Morgan fingerprint density at radius 1 is 1.32 bits per heavy atom. The highest BCUT2D eigenvalue weighted by molar-refractivity contribution is 8.15. The second-order valence-corrected chi connectivity index (χ2v) is 6.55. The molecule has 19 heavy (non-hydrogen) atoms. The van der Waals surface area contributed by atoms with Crippen molar-refractivity contribution < 1.29 is 0 Å². The van der Waals surface area contributed by atoms with Crippen LogP contribution in [0.5, 0.6) is 0 Å². The molecule has 2 rings (SSSR count). The van der Waals surface area contributed by atoms with E-state index in [2.05, 4.69) is 56.2 Å². The highest BCUT2D eigenvalue weighted by atomic mass is 32.2. The largest absolute Gasteiger partial charge is 0.335 e. The van der Waals surface area contributed by atoms with E-state index in [1.165, 1.54) is 29.7 Å². The van der Waals surface area contributed by atoms with E-state index >= 15 is 0 Å². The van der Waals surface area contributed by atoms with Crippen molar-refractivity contribution >= 4 is 22.6 Å². The summed E-state index contributed by atoms with van der Waals surface area (Å²) in [5.41, 5.74) is 3.75. The quantitative estimate of drug-likeness (QED) is 0.867. The van der Waals surface area contributed by atoms with Crippen LogP contribution >= 0.6 is 11.8 Å². The first kappa shape index (κ1) is 14.4. The number of nitrogens with zero attached hydrogens (tertiary/aromatic N) is 1. The van der Waals surface area contributed by atoms with E-state index in [-0.39, 0.29) is 0 Å². The van der Waals surface area contributed by atoms with Crippen molar-refractivity contribution in [3.63, 3.8) is 0 Å². The zero-order valence-corrected chi connectivity index (χ0v) is 13.2. The molecule has 1 N–H and O–H groups in total. The predicted octanol–water partition coefficient (Wildman–Crippen LogP) is 4.62. The Hall–Kier alpha value is -0.960. The van der Waals surface area contributed by atoms with Crippen molar-refractivity contribution in [1.82, 2.24) is 0 Å². The van der Waals surface area contributed by atoms with Gasteiger partial charge in [0.1, 0.15) is 0 Å². The summed E-state index contributed by atoms with van der Waals surface area (Å²) in [4.78, 5) is 4.67. The van der Waals surface area contributed by atoms with Crippen LogP contribution in [0.1, 0.15) is 37.8 Å². The van der Waals surface area contributed by atoms with Gasteiger partial charge in [0.2, 0.25) is 0 Å². The number of aryl methyl sites for hydroxylation is 2. The molecule has 3 heteroatoms. The zero-order chi connectivity index (χ0) is 13.8. The Morgan fingerprint density at radius 2 is 2.05 bits per heavy atom. The summed E-state index contributed by atoms with van der Waals surface area (Å²) in [5, 5.41) is 5.24. The van der Waals surface area contributed by atoms with Crippen LogP contribution in [0.3, 0.4) is 0 Å². The Labute approximate surface area is 121 Å². The number of aliphatic imine (C=N–C) groups is 1. The van der Waals surface area contributed by atoms with Crippen LogP contribution in [0, 0.1) is 19.8 Å². The molecule has 0 spiro atoms. The zero-order valence-electron chi connectivity index (χ0n) is 12.4. The molecule has 1 unspecified atom stereocenters. The topological polar surface area (TPSA) is 24.4 Å². The summed E-state index contributed by atoms with van der Waals surface area (Å²) in [6.07, 6.45) is 2.50. The number of nitrogens with one attached hydrogen (secondary N) is 1. The first-order valence-electron chi connectivity index (χ1n) is 7.19. The number of amidine groups is 1. The lowest BCUT2D eigenvalue weighted by Crippen LogP contribution is -2.17. The Kier molecular flexibility index (Phi) is 4.92. The molecule has 0 saturated carbocycles. The van der Waals surface area contributed by atoms with Gasteiger partial charge >= 0.3 is 0 Å². The summed E-state index contributed by atoms with van der Waals surface area (Å²) >= 11 is 1.92. The summed E-state index contributed by atoms with van der Waals surface area (Å²) in [7, 11) is 0. The molecule has 0 bridgehead atoms. The lowest BCUT2D eigenvalue weighted by atomic mass is 9.99. The first-order chi connectivity index (χ1) is 9.13. The second kappa shape index (κ2) is 6.47. The lowest BCUT2D eigenvalue weighted by Gasteiger charge is -2.18. The highest BCUT2D eigenvalue weighted by Gasteiger charge is 2.26. The Bertz CT molecular complexity index is 464. The van der Waals surface area contributed by atoms with Crippen LogP contribution in [0.15, 0.2) is 23.2 Å². The van der Waals surface area contributed by atoms with Gasteiger partial charge in [0.25, 0.3) is 0 Å². The van der Waals surface area contributed by atoms with Gasteiger partial charge in [-0.15, -0.1) is 0 Å². The molecule has 1 atom stereocenters. The third-order valence-corrected chi connectivity index (χ3v) is 5.18. The van der Waals surface area contributed by atoms with Gasteiger partial charge in [-0.3, -0.25) is 4.99 Å². The third-order valence-electron chi connectivity index (χ3n) is 3.89. The smallest absolute Gasteiger partial charge is 0.161 e. The van der Waals surface area contributed by atoms with E-state index < -0.39 is 0 Å². The van der Waals surface area contributed by atoms with Crippen molar-refractivity contribution in [2.45, 2.75) is 45.8 Å². The summed E-state index contributed by atoms with van der Waals surface area (Å²) in [6, 6.07) is 6.51. The molecule has 0 fully saturated rings. The molecule has 1 aliphatic rings. The van der Waals surface area contributed by atoms with Gasteiger partial charge in [-0.05, 0) is 37.0 Å². The van der Waals surface area contributed by atoms with E-state index in [9.17, 15) is 0 Å². The van der Waals surface area contributed by atoms with Gasteiger partial charge in [0.05, 0.1) is 6.54 Å². The van der Waals surface area contributed by atoms with Crippen molar-refractivity contribution in [3.05, 3.63) is 29.3 Å². The van der Waals surface area contributed by atoms with Crippen LogP contribution in [0.2, 0.25) is 0 Å². The van der Waals surface area contributed by atoms with Crippen molar-refractivity contribution in [2.24, 2.45) is 10.9 Å².